The maximum Gasteiger partial charge on any atom is 0.242 e. The first-order valence-electron chi connectivity index (χ1n) is 6.20. The number of ether oxygens (including phenoxy) is 1. The van der Waals surface area contributed by atoms with Crippen molar-refractivity contribution in [2.45, 2.75) is 37.8 Å². The summed E-state index contributed by atoms with van der Waals surface area (Å²) in [5.41, 5.74) is 6.39. The van der Waals surface area contributed by atoms with Gasteiger partial charge in [-0.15, -0.1) is 0 Å². The average molecular weight is 252 g/mol. The van der Waals surface area contributed by atoms with Crippen molar-refractivity contribution in [3.05, 3.63) is 6.33 Å². The number of aliphatic hydroxyl groups is 1. The lowest BCUT2D eigenvalue weighted by atomic mass is 9.91. The monoisotopic (exact) mass is 252 g/mol. The Labute approximate surface area is 107 Å². The van der Waals surface area contributed by atoms with Crippen molar-refractivity contribution >= 4 is 11.5 Å². The molecule has 0 spiro atoms. The van der Waals surface area contributed by atoms with E-state index in [-0.39, 0.29) is 12.1 Å². The first-order chi connectivity index (χ1) is 8.65. The molecular formula is C12H20N4O2. The lowest BCUT2D eigenvalue weighted by Gasteiger charge is -2.36. The summed E-state index contributed by atoms with van der Waals surface area (Å²) in [7, 11) is 3.43. The number of aliphatic hydroxyl groups excluding tert-OH is 1. The minimum atomic E-state index is -0.330. The van der Waals surface area contributed by atoms with Gasteiger partial charge in [-0.05, 0) is 12.8 Å². The molecule has 1 aromatic heterocycles. The van der Waals surface area contributed by atoms with E-state index >= 15 is 0 Å². The zero-order chi connectivity index (χ0) is 13.1. The van der Waals surface area contributed by atoms with Gasteiger partial charge in [-0.25, -0.2) is 4.98 Å². The molecule has 1 aromatic rings. The Balaban J connectivity index is 2.24. The molecule has 1 aliphatic rings. The molecule has 2 unspecified atom stereocenters. The highest BCUT2D eigenvalue weighted by atomic mass is 16.5. The Bertz CT molecular complexity index is 413. The number of nitrogens with zero attached hydrogens (tertiary/aromatic N) is 3. The molecule has 0 aliphatic heterocycles. The number of rotatable bonds is 3. The molecular weight excluding hydrogens is 232 g/mol. The van der Waals surface area contributed by atoms with Gasteiger partial charge in [-0.1, -0.05) is 12.8 Å². The molecule has 0 bridgehead atoms. The van der Waals surface area contributed by atoms with Gasteiger partial charge in [0.05, 0.1) is 19.3 Å². The number of hydrogen-bond donors (Lipinski definition) is 2. The molecule has 1 fully saturated rings. The van der Waals surface area contributed by atoms with Crippen LogP contribution in [0.25, 0.3) is 0 Å². The van der Waals surface area contributed by atoms with Crippen LogP contribution in [0.5, 0.6) is 5.88 Å². The first kappa shape index (κ1) is 12.9. The highest BCUT2D eigenvalue weighted by Gasteiger charge is 2.28. The predicted molar refractivity (Wildman–Crippen MR) is 69.7 cm³/mol. The molecule has 1 aliphatic carbocycles. The third-order valence-corrected chi connectivity index (χ3v) is 3.55. The van der Waals surface area contributed by atoms with Crippen molar-refractivity contribution in [2.75, 3.05) is 24.8 Å². The molecule has 2 rings (SSSR count). The fourth-order valence-corrected chi connectivity index (χ4v) is 2.52. The van der Waals surface area contributed by atoms with Crippen LogP contribution in [0, 0.1) is 0 Å². The molecule has 1 heterocycles. The maximum absolute atomic E-state index is 10.1. The van der Waals surface area contributed by atoms with E-state index < -0.39 is 0 Å². The molecule has 2 atom stereocenters. The molecule has 6 nitrogen and oxygen atoms in total. The summed E-state index contributed by atoms with van der Waals surface area (Å²) in [5.74, 6) is 0.991. The topological polar surface area (TPSA) is 84.5 Å². The quantitative estimate of drug-likeness (QED) is 0.828. The van der Waals surface area contributed by atoms with Gasteiger partial charge in [0, 0.05) is 7.05 Å². The molecule has 0 saturated heterocycles. The first-order valence-corrected chi connectivity index (χ1v) is 6.20. The standard InChI is InChI=1S/C12H20N4O2/c1-16(8-5-3-4-6-9(8)17)11-10(13)12(18-2)15-7-14-11/h7-9,17H,3-6,13H2,1-2H3. The van der Waals surface area contributed by atoms with Crippen LogP contribution in [-0.4, -0.2) is 41.4 Å². The minimum absolute atomic E-state index is 0.0562. The fourth-order valence-electron chi connectivity index (χ4n) is 2.52. The van der Waals surface area contributed by atoms with Crippen LogP contribution in [0.2, 0.25) is 0 Å². The summed E-state index contributed by atoms with van der Waals surface area (Å²) >= 11 is 0. The van der Waals surface area contributed by atoms with Gasteiger partial charge in [0.2, 0.25) is 5.88 Å². The van der Waals surface area contributed by atoms with Crippen LogP contribution in [-0.2, 0) is 0 Å². The van der Waals surface area contributed by atoms with E-state index in [1.165, 1.54) is 13.4 Å². The summed E-state index contributed by atoms with van der Waals surface area (Å²) in [4.78, 5) is 10.1. The van der Waals surface area contributed by atoms with E-state index in [1.807, 2.05) is 11.9 Å². The minimum Gasteiger partial charge on any atom is -0.479 e. The number of hydrogen-bond acceptors (Lipinski definition) is 6. The highest BCUT2D eigenvalue weighted by molar-refractivity contribution is 5.67. The van der Waals surface area contributed by atoms with Gasteiger partial charge in [0.15, 0.2) is 5.82 Å². The van der Waals surface area contributed by atoms with Crippen molar-refractivity contribution in [1.29, 1.82) is 0 Å². The fraction of sp³-hybridized carbons (Fsp3) is 0.667. The van der Waals surface area contributed by atoms with E-state index in [0.29, 0.717) is 17.4 Å². The molecule has 3 N–H and O–H groups in total. The highest BCUT2D eigenvalue weighted by Crippen LogP contribution is 2.31. The Kier molecular flexibility index (Phi) is 3.86. The maximum atomic E-state index is 10.1. The number of likely N-dealkylation sites (N-methyl/N-ethyl adjacent to an activating group) is 1. The normalized spacial score (nSPS) is 23.7. The molecule has 1 saturated carbocycles. The Morgan fingerprint density at radius 3 is 2.78 bits per heavy atom. The zero-order valence-electron chi connectivity index (χ0n) is 10.8. The third kappa shape index (κ3) is 2.33. The smallest absolute Gasteiger partial charge is 0.242 e. The molecule has 0 aromatic carbocycles. The number of nitrogen functional groups attached to an aromatic ring is 1. The Morgan fingerprint density at radius 1 is 1.39 bits per heavy atom. The van der Waals surface area contributed by atoms with Crippen molar-refractivity contribution in [1.82, 2.24) is 9.97 Å². The van der Waals surface area contributed by atoms with Gasteiger partial charge < -0.3 is 20.5 Å². The van der Waals surface area contributed by atoms with E-state index in [4.69, 9.17) is 10.5 Å². The summed E-state index contributed by atoms with van der Waals surface area (Å²) in [5, 5.41) is 10.1. The van der Waals surface area contributed by atoms with Crippen molar-refractivity contribution in [2.24, 2.45) is 0 Å². The van der Waals surface area contributed by atoms with Gasteiger partial charge in [-0.2, -0.15) is 4.98 Å². The van der Waals surface area contributed by atoms with Crippen LogP contribution >= 0.6 is 0 Å². The van der Waals surface area contributed by atoms with Crippen LogP contribution in [0.1, 0.15) is 25.7 Å². The van der Waals surface area contributed by atoms with Crippen molar-refractivity contribution in [3.8, 4) is 5.88 Å². The number of methoxy groups -OCH3 is 1. The van der Waals surface area contributed by atoms with Gasteiger partial charge in [0.25, 0.3) is 0 Å². The number of aromatic nitrogens is 2. The summed E-state index contributed by atoms with van der Waals surface area (Å²) < 4.78 is 5.08. The largest absolute Gasteiger partial charge is 0.479 e. The van der Waals surface area contributed by atoms with Gasteiger partial charge in [-0.3, -0.25) is 0 Å². The van der Waals surface area contributed by atoms with Crippen molar-refractivity contribution < 1.29 is 9.84 Å². The van der Waals surface area contributed by atoms with E-state index in [2.05, 4.69) is 9.97 Å². The molecule has 100 valence electrons. The average Bonchev–Trinajstić information content (AvgIpc) is 2.39. The number of anilines is 2. The lowest BCUT2D eigenvalue weighted by Crippen LogP contribution is -2.44. The van der Waals surface area contributed by atoms with Crippen LogP contribution in [0.15, 0.2) is 6.33 Å². The Morgan fingerprint density at radius 2 is 2.11 bits per heavy atom. The summed E-state index contributed by atoms with van der Waals surface area (Å²) in [6.45, 7) is 0. The predicted octanol–water partition coefficient (Wildman–Crippen LogP) is 0.807. The zero-order valence-corrected chi connectivity index (χ0v) is 10.8. The summed E-state index contributed by atoms with van der Waals surface area (Å²) in [6, 6.07) is 0.0562. The van der Waals surface area contributed by atoms with Gasteiger partial charge >= 0.3 is 0 Å². The van der Waals surface area contributed by atoms with Gasteiger partial charge in [0.1, 0.15) is 12.0 Å². The van der Waals surface area contributed by atoms with Crippen molar-refractivity contribution in [3.63, 3.8) is 0 Å². The summed E-state index contributed by atoms with van der Waals surface area (Å²) in [6.07, 6.45) is 5.07. The second-order valence-corrected chi connectivity index (χ2v) is 4.65. The van der Waals surface area contributed by atoms with E-state index in [1.54, 1.807) is 0 Å². The Hall–Kier alpha value is -1.56. The second kappa shape index (κ2) is 5.39. The molecule has 0 radical (unpaired) electrons. The molecule has 0 amide bonds. The van der Waals surface area contributed by atoms with Crippen LogP contribution in [0.4, 0.5) is 11.5 Å². The van der Waals surface area contributed by atoms with Crippen LogP contribution in [0.3, 0.4) is 0 Å². The van der Waals surface area contributed by atoms with Crippen LogP contribution < -0.4 is 15.4 Å². The third-order valence-electron chi connectivity index (χ3n) is 3.55. The SMILES string of the molecule is COc1ncnc(N(C)C2CCCCC2O)c1N. The van der Waals surface area contributed by atoms with E-state index in [9.17, 15) is 5.11 Å². The molecule has 18 heavy (non-hydrogen) atoms. The van der Waals surface area contributed by atoms with E-state index in [0.717, 1.165) is 25.7 Å². The second-order valence-electron chi connectivity index (χ2n) is 4.65. The number of nitrogens with two attached hydrogens (primary N) is 1. The lowest BCUT2D eigenvalue weighted by molar-refractivity contribution is 0.106. The molecule has 6 heteroatoms.